The van der Waals surface area contributed by atoms with E-state index in [4.69, 9.17) is 4.74 Å². The van der Waals surface area contributed by atoms with Gasteiger partial charge in [0.2, 0.25) is 0 Å². The molecule has 0 spiro atoms. The van der Waals surface area contributed by atoms with Gasteiger partial charge in [-0.3, -0.25) is 4.21 Å². The van der Waals surface area contributed by atoms with Crippen molar-refractivity contribution in [1.82, 2.24) is 10.3 Å². The van der Waals surface area contributed by atoms with Crippen molar-refractivity contribution in [3.8, 4) is 0 Å². The van der Waals surface area contributed by atoms with Gasteiger partial charge >= 0.3 is 0 Å². The van der Waals surface area contributed by atoms with Crippen molar-refractivity contribution in [2.75, 3.05) is 49.8 Å². The van der Waals surface area contributed by atoms with Gasteiger partial charge in [0, 0.05) is 67.4 Å². The summed E-state index contributed by atoms with van der Waals surface area (Å²) in [6.07, 6.45) is 1.82. The van der Waals surface area contributed by atoms with Crippen LogP contribution in [0.2, 0.25) is 0 Å². The van der Waals surface area contributed by atoms with E-state index >= 15 is 0 Å². The van der Waals surface area contributed by atoms with Gasteiger partial charge in [0.15, 0.2) is 0 Å². The Bertz CT molecular complexity index is 418. The number of hydrogen-bond donors (Lipinski definition) is 1. The van der Waals surface area contributed by atoms with Crippen molar-refractivity contribution in [2.24, 2.45) is 0 Å². The van der Waals surface area contributed by atoms with Crippen LogP contribution in [-0.4, -0.2) is 54.0 Å². The average Bonchev–Trinajstić information content (AvgIpc) is 2.45. The Kier molecular flexibility index (Phi) is 5.75. The SMILES string of the molecule is COCCNCc1cccnc1N1CCS(=O)CC1. The summed E-state index contributed by atoms with van der Waals surface area (Å²) in [7, 11) is 1.05. The minimum absolute atomic E-state index is 0.651. The van der Waals surface area contributed by atoms with E-state index < -0.39 is 10.8 Å². The van der Waals surface area contributed by atoms with Gasteiger partial charge in [-0.2, -0.15) is 0 Å². The monoisotopic (exact) mass is 283 g/mol. The largest absolute Gasteiger partial charge is 0.383 e. The molecule has 0 saturated carbocycles. The highest BCUT2D eigenvalue weighted by atomic mass is 32.2. The molecule has 1 N–H and O–H groups in total. The van der Waals surface area contributed by atoms with E-state index in [1.807, 2.05) is 12.3 Å². The van der Waals surface area contributed by atoms with Gasteiger partial charge in [0.25, 0.3) is 0 Å². The molecule has 1 saturated heterocycles. The summed E-state index contributed by atoms with van der Waals surface area (Å²) in [5.74, 6) is 2.50. The highest BCUT2D eigenvalue weighted by Crippen LogP contribution is 2.18. The molecule has 2 rings (SSSR count). The molecule has 1 aliphatic heterocycles. The van der Waals surface area contributed by atoms with E-state index in [0.717, 1.165) is 43.5 Å². The maximum Gasteiger partial charge on any atom is 0.133 e. The molecule has 1 fully saturated rings. The van der Waals surface area contributed by atoms with Gasteiger partial charge in [-0.25, -0.2) is 4.98 Å². The molecule has 0 unspecified atom stereocenters. The summed E-state index contributed by atoms with van der Waals surface area (Å²) >= 11 is 0. The molecule has 2 heterocycles. The first-order chi connectivity index (χ1) is 9.31. The Hall–Kier alpha value is -0.980. The fourth-order valence-electron chi connectivity index (χ4n) is 2.10. The Morgan fingerprint density at radius 1 is 1.47 bits per heavy atom. The van der Waals surface area contributed by atoms with Gasteiger partial charge in [-0.05, 0) is 6.07 Å². The highest BCUT2D eigenvalue weighted by Gasteiger charge is 2.18. The van der Waals surface area contributed by atoms with Crippen molar-refractivity contribution in [3.05, 3.63) is 23.9 Å². The van der Waals surface area contributed by atoms with E-state index in [0.29, 0.717) is 6.61 Å². The molecule has 5 nitrogen and oxygen atoms in total. The number of aromatic nitrogens is 1. The Balaban J connectivity index is 1.97. The lowest BCUT2D eigenvalue weighted by atomic mass is 10.2. The molecule has 0 bridgehead atoms. The molecule has 1 aliphatic rings. The molecule has 0 amide bonds. The van der Waals surface area contributed by atoms with E-state index in [1.54, 1.807) is 7.11 Å². The molecule has 0 aromatic carbocycles. The topological polar surface area (TPSA) is 54.5 Å². The van der Waals surface area contributed by atoms with Crippen LogP contribution in [0.25, 0.3) is 0 Å². The highest BCUT2D eigenvalue weighted by molar-refractivity contribution is 7.85. The third-order valence-electron chi connectivity index (χ3n) is 3.14. The average molecular weight is 283 g/mol. The van der Waals surface area contributed by atoms with Crippen LogP contribution in [-0.2, 0) is 22.1 Å². The van der Waals surface area contributed by atoms with Crippen LogP contribution in [0.5, 0.6) is 0 Å². The van der Waals surface area contributed by atoms with Gasteiger partial charge in [-0.1, -0.05) is 6.07 Å². The molecule has 1 aromatic heterocycles. The molecule has 106 valence electrons. The number of anilines is 1. The zero-order valence-electron chi connectivity index (χ0n) is 11.3. The summed E-state index contributed by atoms with van der Waals surface area (Å²) in [4.78, 5) is 6.71. The zero-order valence-corrected chi connectivity index (χ0v) is 12.1. The van der Waals surface area contributed by atoms with Crippen molar-refractivity contribution >= 4 is 16.6 Å². The molecule has 0 atom stereocenters. The minimum Gasteiger partial charge on any atom is -0.383 e. The number of rotatable bonds is 6. The van der Waals surface area contributed by atoms with E-state index in [-0.39, 0.29) is 0 Å². The van der Waals surface area contributed by atoms with Crippen LogP contribution in [0.15, 0.2) is 18.3 Å². The van der Waals surface area contributed by atoms with Crippen LogP contribution >= 0.6 is 0 Å². The number of nitrogens with zero attached hydrogens (tertiary/aromatic N) is 2. The number of nitrogens with one attached hydrogen (secondary N) is 1. The summed E-state index contributed by atoms with van der Waals surface area (Å²) in [6.45, 7) is 3.97. The number of ether oxygens (including phenoxy) is 1. The van der Waals surface area contributed by atoms with Crippen LogP contribution in [0.1, 0.15) is 5.56 Å². The first-order valence-electron chi connectivity index (χ1n) is 6.54. The van der Waals surface area contributed by atoms with Gasteiger partial charge in [-0.15, -0.1) is 0 Å². The minimum atomic E-state index is -0.651. The van der Waals surface area contributed by atoms with Crippen LogP contribution in [0.3, 0.4) is 0 Å². The van der Waals surface area contributed by atoms with Crippen LogP contribution < -0.4 is 10.2 Å². The molecule has 0 aliphatic carbocycles. The lowest BCUT2D eigenvalue weighted by molar-refractivity contribution is 0.199. The number of hydrogen-bond acceptors (Lipinski definition) is 5. The summed E-state index contributed by atoms with van der Waals surface area (Å²) < 4.78 is 16.4. The van der Waals surface area contributed by atoms with Crippen LogP contribution in [0.4, 0.5) is 5.82 Å². The second kappa shape index (κ2) is 7.57. The van der Waals surface area contributed by atoms with Gasteiger partial charge < -0.3 is 15.0 Å². The smallest absolute Gasteiger partial charge is 0.133 e. The first kappa shape index (κ1) is 14.4. The third kappa shape index (κ3) is 4.26. The summed E-state index contributed by atoms with van der Waals surface area (Å²) in [5.41, 5.74) is 1.19. The molecule has 19 heavy (non-hydrogen) atoms. The normalized spacial score (nSPS) is 16.8. The van der Waals surface area contributed by atoms with Crippen molar-refractivity contribution < 1.29 is 8.95 Å². The molecular formula is C13H21N3O2S. The molecular weight excluding hydrogens is 262 g/mol. The fraction of sp³-hybridized carbons (Fsp3) is 0.615. The lowest BCUT2D eigenvalue weighted by Gasteiger charge is -2.29. The lowest BCUT2D eigenvalue weighted by Crippen LogP contribution is -2.39. The number of pyridine rings is 1. The molecule has 6 heteroatoms. The summed E-state index contributed by atoms with van der Waals surface area (Å²) in [5, 5.41) is 3.34. The quantitative estimate of drug-likeness (QED) is 0.765. The Labute approximate surface area is 116 Å². The van der Waals surface area contributed by atoms with Crippen molar-refractivity contribution in [3.63, 3.8) is 0 Å². The fourth-order valence-corrected chi connectivity index (χ4v) is 3.15. The zero-order chi connectivity index (χ0) is 13.5. The Morgan fingerprint density at radius 2 is 2.26 bits per heavy atom. The van der Waals surface area contributed by atoms with Gasteiger partial charge in [0.05, 0.1) is 6.61 Å². The summed E-state index contributed by atoms with van der Waals surface area (Å²) in [6, 6.07) is 4.05. The Morgan fingerprint density at radius 3 is 3.00 bits per heavy atom. The van der Waals surface area contributed by atoms with Crippen molar-refractivity contribution in [2.45, 2.75) is 6.54 Å². The first-order valence-corrected chi connectivity index (χ1v) is 8.03. The maximum atomic E-state index is 11.4. The van der Waals surface area contributed by atoms with E-state index in [2.05, 4.69) is 21.3 Å². The van der Waals surface area contributed by atoms with E-state index in [1.165, 1.54) is 5.56 Å². The number of methoxy groups -OCH3 is 1. The third-order valence-corrected chi connectivity index (χ3v) is 4.42. The molecule has 1 aromatic rings. The van der Waals surface area contributed by atoms with E-state index in [9.17, 15) is 4.21 Å². The second-order valence-corrected chi connectivity index (χ2v) is 6.19. The predicted octanol–water partition coefficient (Wildman–Crippen LogP) is 0.386. The van der Waals surface area contributed by atoms with Crippen LogP contribution in [0, 0.1) is 0 Å². The predicted molar refractivity (Wildman–Crippen MR) is 77.9 cm³/mol. The van der Waals surface area contributed by atoms with Gasteiger partial charge in [0.1, 0.15) is 5.82 Å². The maximum absolute atomic E-state index is 11.4. The second-order valence-electron chi connectivity index (χ2n) is 4.49. The molecule has 0 radical (unpaired) electrons. The van der Waals surface area contributed by atoms with Crippen molar-refractivity contribution in [1.29, 1.82) is 0 Å². The standard InChI is InChI=1S/C13H21N3O2S/c1-18-8-5-14-11-12-3-2-4-15-13(12)16-6-9-19(17)10-7-16/h2-4,14H,5-11H2,1H3.